The van der Waals surface area contributed by atoms with Gasteiger partial charge in [0.25, 0.3) is 0 Å². The molecule has 0 bridgehead atoms. The van der Waals surface area contributed by atoms with Crippen molar-refractivity contribution in [3.05, 3.63) is 35.7 Å². The molecule has 0 aliphatic heterocycles. The number of aldehydes is 1. The highest BCUT2D eigenvalue weighted by Crippen LogP contribution is 2.06. The molecule has 1 amide bonds. The Hall–Kier alpha value is -2.17. The largest absolute Gasteiger partial charge is 0.444 e. The van der Waals surface area contributed by atoms with Crippen molar-refractivity contribution < 1.29 is 14.3 Å². The van der Waals surface area contributed by atoms with Gasteiger partial charge in [0, 0.05) is 18.3 Å². The van der Waals surface area contributed by atoms with Crippen LogP contribution in [0.2, 0.25) is 0 Å². The first-order valence-corrected chi connectivity index (χ1v) is 6.45. The summed E-state index contributed by atoms with van der Waals surface area (Å²) in [6, 6.07) is 3.35. The van der Waals surface area contributed by atoms with E-state index in [2.05, 4.69) is 10.3 Å². The summed E-state index contributed by atoms with van der Waals surface area (Å²) in [7, 11) is 0. The third kappa shape index (κ3) is 6.68. The number of alkyl carbamates (subject to hydrolysis) is 1. The number of carbonyl (C=O) groups is 2. The highest BCUT2D eigenvalue weighted by Gasteiger charge is 2.15. The molecule has 0 aliphatic carbocycles. The molecule has 0 fully saturated rings. The Morgan fingerprint density at radius 3 is 2.85 bits per heavy atom. The minimum absolute atomic E-state index is 0.424. The zero-order chi connectivity index (χ0) is 15.0. The van der Waals surface area contributed by atoms with E-state index in [1.165, 1.54) is 0 Å². The number of nitrogens with one attached hydrogen (secondary N) is 1. The standard InChI is InChI=1S/C15H20N2O3/c1-15(2,3)20-14(19)17-8-5-4-6-13-10-12(11-18)7-9-16-13/h4,6-7,9-11H,5,8H2,1-3H3,(H,17,19). The number of carbonyl (C=O) groups excluding carboxylic acids is 2. The summed E-state index contributed by atoms with van der Waals surface area (Å²) in [6.45, 7) is 5.94. The number of nitrogens with zero attached hydrogens (tertiary/aromatic N) is 1. The van der Waals surface area contributed by atoms with Crippen LogP contribution in [0.15, 0.2) is 24.4 Å². The van der Waals surface area contributed by atoms with Crippen molar-refractivity contribution in [1.29, 1.82) is 0 Å². The summed E-state index contributed by atoms with van der Waals surface area (Å²) in [5, 5.41) is 2.66. The second kappa shape index (κ2) is 7.43. The van der Waals surface area contributed by atoms with Gasteiger partial charge in [0.1, 0.15) is 11.9 Å². The molecular weight excluding hydrogens is 256 g/mol. The Balaban J connectivity index is 2.31. The van der Waals surface area contributed by atoms with Gasteiger partial charge in [0.2, 0.25) is 0 Å². The molecule has 0 aromatic carbocycles. The molecule has 0 unspecified atom stereocenters. The van der Waals surface area contributed by atoms with Gasteiger partial charge in [-0.15, -0.1) is 0 Å². The Morgan fingerprint density at radius 2 is 2.20 bits per heavy atom. The number of hydrogen-bond donors (Lipinski definition) is 1. The maximum atomic E-state index is 11.4. The van der Waals surface area contributed by atoms with Gasteiger partial charge in [-0.25, -0.2) is 4.79 Å². The van der Waals surface area contributed by atoms with Crippen LogP contribution in [0.25, 0.3) is 6.08 Å². The molecule has 0 radical (unpaired) electrons. The Kier molecular flexibility index (Phi) is 5.90. The molecule has 1 heterocycles. The molecule has 0 saturated heterocycles. The molecule has 0 saturated carbocycles. The van der Waals surface area contributed by atoms with E-state index in [0.717, 1.165) is 6.29 Å². The molecule has 0 spiro atoms. The van der Waals surface area contributed by atoms with Crippen molar-refractivity contribution in [3.63, 3.8) is 0 Å². The van der Waals surface area contributed by atoms with Crippen LogP contribution in [0.4, 0.5) is 4.79 Å². The monoisotopic (exact) mass is 276 g/mol. The molecule has 1 aromatic rings. The van der Waals surface area contributed by atoms with E-state index in [1.54, 1.807) is 18.3 Å². The summed E-state index contributed by atoms with van der Waals surface area (Å²) >= 11 is 0. The van der Waals surface area contributed by atoms with Gasteiger partial charge in [-0.2, -0.15) is 0 Å². The van der Waals surface area contributed by atoms with Gasteiger partial charge in [-0.05, 0) is 45.4 Å². The van der Waals surface area contributed by atoms with Crippen LogP contribution in [0, 0.1) is 0 Å². The molecule has 1 N–H and O–H groups in total. The Bertz CT molecular complexity index is 490. The van der Waals surface area contributed by atoms with Crippen molar-refractivity contribution in [2.24, 2.45) is 0 Å². The van der Waals surface area contributed by atoms with E-state index < -0.39 is 11.7 Å². The smallest absolute Gasteiger partial charge is 0.407 e. The molecule has 20 heavy (non-hydrogen) atoms. The van der Waals surface area contributed by atoms with Crippen LogP contribution in [0.5, 0.6) is 0 Å². The molecule has 5 heteroatoms. The molecular formula is C15H20N2O3. The van der Waals surface area contributed by atoms with Crippen molar-refractivity contribution in [1.82, 2.24) is 10.3 Å². The number of rotatable bonds is 5. The zero-order valence-corrected chi connectivity index (χ0v) is 12.1. The van der Waals surface area contributed by atoms with Crippen molar-refractivity contribution in [3.8, 4) is 0 Å². The first-order chi connectivity index (χ1) is 9.40. The Labute approximate surface area is 119 Å². The third-order valence-corrected chi connectivity index (χ3v) is 2.21. The van der Waals surface area contributed by atoms with Crippen LogP contribution in [-0.4, -0.2) is 29.5 Å². The number of amides is 1. The third-order valence-electron chi connectivity index (χ3n) is 2.21. The number of hydrogen-bond acceptors (Lipinski definition) is 4. The lowest BCUT2D eigenvalue weighted by Crippen LogP contribution is -2.32. The first kappa shape index (κ1) is 15.9. The van der Waals surface area contributed by atoms with Crippen LogP contribution in [0.1, 0.15) is 43.2 Å². The molecule has 0 atom stereocenters. The quantitative estimate of drug-likeness (QED) is 0.663. The van der Waals surface area contributed by atoms with Crippen LogP contribution >= 0.6 is 0 Å². The van der Waals surface area contributed by atoms with Crippen molar-refractivity contribution in [2.75, 3.05) is 6.54 Å². The molecule has 1 aromatic heterocycles. The predicted octanol–water partition coefficient (Wildman–Crippen LogP) is 2.82. The summed E-state index contributed by atoms with van der Waals surface area (Å²) in [6.07, 6.45) is 6.29. The lowest BCUT2D eigenvalue weighted by Gasteiger charge is -2.19. The number of aromatic nitrogens is 1. The maximum absolute atomic E-state index is 11.4. The fraction of sp³-hybridized carbons (Fsp3) is 0.400. The van der Waals surface area contributed by atoms with E-state index in [4.69, 9.17) is 4.74 Å². The highest BCUT2D eigenvalue weighted by atomic mass is 16.6. The van der Waals surface area contributed by atoms with E-state index >= 15 is 0 Å². The van der Waals surface area contributed by atoms with Gasteiger partial charge >= 0.3 is 6.09 Å². The molecule has 108 valence electrons. The van der Waals surface area contributed by atoms with Gasteiger partial charge in [0.05, 0.1) is 5.69 Å². The second-order valence-corrected chi connectivity index (χ2v) is 5.25. The molecule has 0 aliphatic rings. The number of pyridine rings is 1. The van der Waals surface area contributed by atoms with Gasteiger partial charge in [0.15, 0.2) is 0 Å². The van der Waals surface area contributed by atoms with E-state index in [0.29, 0.717) is 24.2 Å². The van der Waals surface area contributed by atoms with E-state index in [-0.39, 0.29) is 0 Å². The summed E-state index contributed by atoms with van der Waals surface area (Å²) in [5.41, 5.74) is 0.817. The second-order valence-electron chi connectivity index (χ2n) is 5.25. The van der Waals surface area contributed by atoms with Crippen molar-refractivity contribution >= 4 is 18.5 Å². The summed E-state index contributed by atoms with van der Waals surface area (Å²) in [4.78, 5) is 26.1. The van der Waals surface area contributed by atoms with Crippen LogP contribution in [0.3, 0.4) is 0 Å². The molecule has 5 nitrogen and oxygen atoms in total. The fourth-order valence-electron chi connectivity index (χ4n) is 1.41. The van der Waals surface area contributed by atoms with Crippen LogP contribution < -0.4 is 5.32 Å². The maximum Gasteiger partial charge on any atom is 0.407 e. The van der Waals surface area contributed by atoms with Gasteiger partial charge in [-0.1, -0.05) is 6.08 Å². The average molecular weight is 276 g/mol. The van der Waals surface area contributed by atoms with Gasteiger partial charge in [-0.3, -0.25) is 9.78 Å². The normalized spacial score (nSPS) is 11.3. The Morgan fingerprint density at radius 1 is 1.45 bits per heavy atom. The fourth-order valence-corrected chi connectivity index (χ4v) is 1.41. The summed E-state index contributed by atoms with van der Waals surface area (Å²) < 4.78 is 5.11. The average Bonchev–Trinajstić information content (AvgIpc) is 2.36. The lowest BCUT2D eigenvalue weighted by atomic mass is 10.2. The minimum Gasteiger partial charge on any atom is -0.444 e. The van der Waals surface area contributed by atoms with Gasteiger partial charge < -0.3 is 10.1 Å². The van der Waals surface area contributed by atoms with Crippen molar-refractivity contribution in [2.45, 2.75) is 32.8 Å². The lowest BCUT2D eigenvalue weighted by molar-refractivity contribution is 0.0528. The number of ether oxygens (including phenoxy) is 1. The van der Waals surface area contributed by atoms with E-state index in [1.807, 2.05) is 32.9 Å². The highest BCUT2D eigenvalue weighted by molar-refractivity contribution is 5.75. The van der Waals surface area contributed by atoms with Crippen LogP contribution in [-0.2, 0) is 4.74 Å². The summed E-state index contributed by atoms with van der Waals surface area (Å²) in [5.74, 6) is 0. The SMILES string of the molecule is CC(C)(C)OC(=O)NCCC=Cc1cc(C=O)ccn1. The topological polar surface area (TPSA) is 68.3 Å². The molecule has 1 rings (SSSR count). The predicted molar refractivity (Wildman–Crippen MR) is 77.5 cm³/mol. The zero-order valence-electron chi connectivity index (χ0n) is 12.1. The van der Waals surface area contributed by atoms with E-state index in [9.17, 15) is 9.59 Å². The first-order valence-electron chi connectivity index (χ1n) is 6.45. The minimum atomic E-state index is -0.487.